The molecule has 6 nitrogen and oxygen atoms in total. The van der Waals surface area contributed by atoms with E-state index in [-0.39, 0.29) is 45.5 Å². The van der Waals surface area contributed by atoms with Gasteiger partial charge in [0.15, 0.2) is 0 Å². The van der Waals surface area contributed by atoms with Crippen LogP contribution in [0.25, 0.3) is 10.8 Å². The minimum Gasteiger partial charge on any atom is -0.459 e. The predicted molar refractivity (Wildman–Crippen MR) is 143 cm³/mol. The highest BCUT2D eigenvalue weighted by Gasteiger charge is 2.41. The smallest absolute Gasteiger partial charge is 0.339 e. The number of piperidine rings is 2. The Bertz CT molecular complexity index is 1040. The van der Waals surface area contributed by atoms with E-state index in [1.54, 1.807) is 12.1 Å². The average Bonchev–Trinajstić information content (AvgIpc) is 2.67. The third kappa shape index (κ3) is 6.27. The van der Waals surface area contributed by atoms with Crippen LogP contribution < -0.4 is 10.6 Å². The molecule has 2 aliphatic heterocycles. The molecule has 6 heteroatoms. The highest BCUT2D eigenvalue weighted by atomic mass is 16.6. The highest BCUT2D eigenvalue weighted by molar-refractivity contribution is 6.07. The fourth-order valence-corrected chi connectivity index (χ4v) is 6.63. The molecule has 36 heavy (non-hydrogen) atoms. The number of esters is 2. The lowest BCUT2D eigenvalue weighted by Crippen LogP contribution is -2.59. The number of carbonyl (C=O) groups excluding carboxylic acids is 2. The van der Waals surface area contributed by atoms with Gasteiger partial charge in [0.1, 0.15) is 12.2 Å². The van der Waals surface area contributed by atoms with Crippen LogP contribution in [0.4, 0.5) is 0 Å². The second kappa shape index (κ2) is 9.14. The predicted octanol–water partition coefficient (Wildman–Crippen LogP) is 5.77. The fourth-order valence-electron chi connectivity index (χ4n) is 6.63. The van der Waals surface area contributed by atoms with Gasteiger partial charge in [0.2, 0.25) is 0 Å². The topological polar surface area (TPSA) is 76.7 Å². The van der Waals surface area contributed by atoms with Crippen LogP contribution in [0.1, 0.15) is 102 Å². The summed E-state index contributed by atoms with van der Waals surface area (Å²) in [4.78, 5) is 27.1. The van der Waals surface area contributed by atoms with Crippen molar-refractivity contribution in [2.24, 2.45) is 0 Å². The summed E-state index contributed by atoms with van der Waals surface area (Å²) in [7, 11) is 0. The van der Waals surface area contributed by atoms with Crippen molar-refractivity contribution in [1.82, 2.24) is 10.6 Å². The fraction of sp³-hybridized carbons (Fsp3) is 0.600. The summed E-state index contributed by atoms with van der Waals surface area (Å²) in [5, 5.41) is 9.00. The summed E-state index contributed by atoms with van der Waals surface area (Å²) < 4.78 is 12.1. The zero-order valence-electron chi connectivity index (χ0n) is 23.1. The van der Waals surface area contributed by atoms with Gasteiger partial charge in [-0.1, -0.05) is 24.3 Å². The molecule has 2 fully saturated rings. The van der Waals surface area contributed by atoms with Crippen LogP contribution in [0.2, 0.25) is 0 Å². The van der Waals surface area contributed by atoms with E-state index in [1.165, 1.54) is 0 Å². The number of hydrogen-bond acceptors (Lipinski definition) is 6. The Labute approximate surface area is 215 Å². The van der Waals surface area contributed by atoms with E-state index in [4.69, 9.17) is 9.47 Å². The van der Waals surface area contributed by atoms with Crippen molar-refractivity contribution >= 4 is 22.7 Å². The van der Waals surface area contributed by atoms with Crippen molar-refractivity contribution in [3.05, 3.63) is 47.5 Å². The highest BCUT2D eigenvalue weighted by Crippen LogP contribution is 2.33. The zero-order valence-corrected chi connectivity index (χ0v) is 23.1. The Morgan fingerprint density at radius 2 is 0.944 bits per heavy atom. The summed E-state index contributed by atoms with van der Waals surface area (Å²) in [6.45, 7) is 17.0. The number of carbonyl (C=O) groups is 2. The van der Waals surface area contributed by atoms with E-state index in [1.807, 2.05) is 24.3 Å². The van der Waals surface area contributed by atoms with Crippen LogP contribution in [0, 0.1) is 0 Å². The standard InChI is InChI=1S/C30H42N2O4/c1-27(2)15-21(16-28(3,4)31-27)35-25(33)23-13-19-11-9-10-12-20(19)14-24(23)26(34)36-22-17-29(5,6)32-30(7,8)18-22/h9-14,21-22,31-32H,15-18H2,1-8H3. The summed E-state index contributed by atoms with van der Waals surface area (Å²) in [6.07, 6.45) is 2.32. The zero-order chi connectivity index (χ0) is 26.5. The summed E-state index contributed by atoms with van der Waals surface area (Å²) in [5.74, 6) is -0.950. The van der Waals surface area contributed by atoms with Gasteiger partial charge in [-0.15, -0.1) is 0 Å². The quantitative estimate of drug-likeness (QED) is 0.526. The van der Waals surface area contributed by atoms with Gasteiger partial charge in [-0.25, -0.2) is 9.59 Å². The molecule has 0 spiro atoms. The minimum atomic E-state index is -0.475. The molecule has 2 N–H and O–H groups in total. The largest absolute Gasteiger partial charge is 0.459 e. The molecular formula is C30H42N2O4. The maximum Gasteiger partial charge on any atom is 0.339 e. The molecule has 2 aromatic rings. The Kier molecular flexibility index (Phi) is 6.76. The van der Waals surface area contributed by atoms with E-state index in [0.29, 0.717) is 25.7 Å². The summed E-state index contributed by atoms with van der Waals surface area (Å²) >= 11 is 0. The van der Waals surface area contributed by atoms with Gasteiger partial charge < -0.3 is 20.1 Å². The Hall–Kier alpha value is -2.44. The van der Waals surface area contributed by atoms with E-state index in [0.717, 1.165) is 10.8 Å². The van der Waals surface area contributed by atoms with Crippen LogP contribution in [0.5, 0.6) is 0 Å². The number of fused-ring (bicyclic) bond motifs is 1. The molecule has 0 amide bonds. The van der Waals surface area contributed by atoms with E-state index >= 15 is 0 Å². The Morgan fingerprint density at radius 3 is 1.25 bits per heavy atom. The van der Waals surface area contributed by atoms with Gasteiger partial charge in [-0.05, 0) is 78.3 Å². The Balaban J connectivity index is 1.63. The lowest BCUT2D eigenvalue weighted by Gasteiger charge is -2.46. The number of hydrogen-bond donors (Lipinski definition) is 2. The molecule has 2 aliphatic rings. The molecule has 0 atom stereocenters. The van der Waals surface area contributed by atoms with Crippen LogP contribution >= 0.6 is 0 Å². The van der Waals surface area contributed by atoms with Crippen molar-refractivity contribution in [1.29, 1.82) is 0 Å². The average molecular weight is 495 g/mol. The van der Waals surface area contributed by atoms with Gasteiger partial charge >= 0.3 is 11.9 Å². The van der Waals surface area contributed by atoms with Gasteiger partial charge in [-0.3, -0.25) is 0 Å². The summed E-state index contributed by atoms with van der Waals surface area (Å²) in [6, 6.07) is 11.3. The molecule has 0 bridgehead atoms. The molecule has 0 radical (unpaired) electrons. The molecule has 0 saturated carbocycles. The first kappa shape index (κ1) is 26.6. The van der Waals surface area contributed by atoms with Crippen molar-refractivity contribution in [3.63, 3.8) is 0 Å². The first-order valence-corrected chi connectivity index (χ1v) is 13.1. The molecule has 0 aliphatic carbocycles. The molecule has 2 saturated heterocycles. The summed E-state index contributed by atoms with van der Waals surface area (Å²) in [5.41, 5.74) is -0.113. The van der Waals surface area contributed by atoms with E-state index < -0.39 is 11.9 Å². The molecular weight excluding hydrogens is 452 g/mol. The number of nitrogens with one attached hydrogen (secondary N) is 2. The maximum absolute atomic E-state index is 13.5. The number of rotatable bonds is 4. The lowest BCUT2D eigenvalue weighted by atomic mass is 9.81. The van der Waals surface area contributed by atoms with Crippen LogP contribution in [0.3, 0.4) is 0 Å². The normalized spacial score (nSPS) is 23.2. The molecule has 0 aromatic heterocycles. The number of ether oxygens (including phenoxy) is 2. The maximum atomic E-state index is 13.5. The molecule has 196 valence electrons. The minimum absolute atomic E-state index is 0.160. The van der Waals surface area contributed by atoms with Gasteiger partial charge in [-0.2, -0.15) is 0 Å². The number of benzene rings is 2. The second-order valence-corrected chi connectivity index (χ2v) is 13.4. The third-order valence-electron chi connectivity index (χ3n) is 7.18. The van der Waals surface area contributed by atoms with Crippen molar-refractivity contribution < 1.29 is 19.1 Å². The SMILES string of the molecule is CC1(C)CC(OC(=O)c2cc3ccccc3cc2C(=O)OC2CC(C)(C)NC(C)(C)C2)CC(C)(C)N1. The van der Waals surface area contributed by atoms with Crippen LogP contribution in [0.15, 0.2) is 36.4 Å². The van der Waals surface area contributed by atoms with Crippen molar-refractivity contribution in [2.75, 3.05) is 0 Å². The van der Waals surface area contributed by atoms with Crippen molar-refractivity contribution in [3.8, 4) is 0 Å². The van der Waals surface area contributed by atoms with E-state index in [9.17, 15) is 9.59 Å². The van der Waals surface area contributed by atoms with Crippen LogP contribution in [-0.2, 0) is 9.47 Å². The Morgan fingerprint density at radius 1 is 0.639 bits per heavy atom. The third-order valence-corrected chi connectivity index (χ3v) is 7.18. The second-order valence-electron chi connectivity index (χ2n) is 13.4. The molecule has 4 rings (SSSR count). The first-order valence-electron chi connectivity index (χ1n) is 13.1. The monoisotopic (exact) mass is 494 g/mol. The molecule has 0 unspecified atom stereocenters. The van der Waals surface area contributed by atoms with E-state index in [2.05, 4.69) is 66.0 Å². The van der Waals surface area contributed by atoms with Crippen LogP contribution in [-0.4, -0.2) is 46.3 Å². The van der Waals surface area contributed by atoms with Crippen molar-refractivity contribution in [2.45, 2.75) is 115 Å². The first-order chi connectivity index (χ1) is 16.5. The van der Waals surface area contributed by atoms with Gasteiger partial charge in [0.05, 0.1) is 11.1 Å². The lowest BCUT2D eigenvalue weighted by molar-refractivity contribution is -0.0106. The van der Waals surface area contributed by atoms with Gasteiger partial charge in [0.25, 0.3) is 0 Å². The molecule has 2 heterocycles. The molecule has 2 aromatic carbocycles. The van der Waals surface area contributed by atoms with Gasteiger partial charge in [0, 0.05) is 47.8 Å².